The van der Waals surface area contributed by atoms with Gasteiger partial charge in [0.15, 0.2) is 0 Å². The fourth-order valence-electron chi connectivity index (χ4n) is 2.07. The van der Waals surface area contributed by atoms with Gasteiger partial charge in [-0.15, -0.1) is 0 Å². The van der Waals surface area contributed by atoms with Crippen molar-refractivity contribution in [2.24, 2.45) is 5.92 Å². The van der Waals surface area contributed by atoms with Crippen molar-refractivity contribution >= 4 is 11.6 Å². The lowest BCUT2D eigenvalue weighted by atomic mass is 10.1. The van der Waals surface area contributed by atoms with E-state index in [0.29, 0.717) is 11.8 Å². The number of aliphatic hydroxyl groups is 1. The molecule has 1 atom stereocenters. The fraction of sp³-hybridized carbons (Fsp3) is 0.714. The van der Waals surface area contributed by atoms with E-state index in [1.807, 2.05) is 14.0 Å². The number of aromatic nitrogens is 2. The van der Waals surface area contributed by atoms with Crippen LogP contribution in [0, 0.1) is 12.8 Å². The summed E-state index contributed by atoms with van der Waals surface area (Å²) in [6, 6.07) is 0. The number of anilines is 2. The van der Waals surface area contributed by atoms with Crippen molar-refractivity contribution in [3.63, 3.8) is 0 Å². The molecule has 19 heavy (non-hydrogen) atoms. The van der Waals surface area contributed by atoms with E-state index in [1.165, 1.54) is 12.8 Å². The molecule has 0 bridgehead atoms. The second-order valence-electron chi connectivity index (χ2n) is 5.43. The molecule has 1 aromatic rings. The lowest BCUT2D eigenvalue weighted by molar-refractivity contribution is 0.266. The van der Waals surface area contributed by atoms with Gasteiger partial charge in [0.1, 0.15) is 17.5 Å². The normalized spacial score (nSPS) is 16.2. The standard InChI is InChI=1S/C14H24N4O/c1-9(6-7-19)8-16-13-10(2)12(15-3)17-14(18-13)11-4-5-11/h9,11,19H,4-8H2,1-3H3,(H2,15,16,17,18). The van der Waals surface area contributed by atoms with Gasteiger partial charge in [-0.05, 0) is 32.1 Å². The van der Waals surface area contributed by atoms with Crippen LogP contribution in [-0.2, 0) is 0 Å². The van der Waals surface area contributed by atoms with Gasteiger partial charge in [0.25, 0.3) is 0 Å². The molecule has 0 aliphatic heterocycles. The maximum absolute atomic E-state index is 8.93. The Hall–Kier alpha value is -1.36. The summed E-state index contributed by atoms with van der Waals surface area (Å²) in [6.07, 6.45) is 3.21. The van der Waals surface area contributed by atoms with Gasteiger partial charge in [0.2, 0.25) is 0 Å². The Morgan fingerprint density at radius 2 is 2.00 bits per heavy atom. The van der Waals surface area contributed by atoms with E-state index in [2.05, 4.69) is 27.5 Å². The zero-order chi connectivity index (χ0) is 13.8. The van der Waals surface area contributed by atoms with Crippen molar-refractivity contribution in [3.05, 3.63) is 11.4 Å². The third-order valence-corrected chi connectivity index (χ3v) is 3.58. The Labute approximate surface area is 114 Å². The van der Waals surface area contributed by atoms with Crippen LogP contribution in [0.25, 0.3) is 0 Å². The summed E-state index contributed by atoms with van der Waals surface area (Å²) in [5, 5.41) is 15.5. The molecule has 0 amide bonds. The van der Waals surface area contributed by atoms with Crippen LogP contribution in [0.5, 0.6) is 0 Å². The zero-order valence-electron chi connectivity index (χ0n) is 12.0. The van der Waals surface area contributed by atoms with Crippen LogP contribution in [0.1, 0.15) is 43.5 Å². The Morgan fingerprint density at radius 1 is 1.32 bits per heavy atom. The van der Waals surface area contributed by atoms with E-state index < -0.39 is 0 Å². The molecule has 0 saturated heterocycles. The van der Waals surface area contributed by atoms with Crippen LogP contribution in [0.4, 0.5) is 11.6 Å². The van der Waals surface area contributed by atoms with E-state index in [4.69, 9.17) is 5.11 Å². The first kappa shape index (κ1) is 14.1. The van der Waals surface area contributed by atoms with Gasteiger partial charge < -0.3 is 15.7 Å². The van der Waals surface area contributed by atoms with E-state index in [0.717, 1.165) is 36.0 Å². The minimum absolute atomic E-state index is 0.237. The van der Waals surface area contributed by atoms with Crippen molar-refractivity contribution in [2.75, 3.05) is 30.8 Å². The van der Waals surface area contributed by atoms with E-state index in [9.17, 15) is 0 Å². The molecule has 1 saturated carbocycles. The molecular weight excluding hydrogens is 240 g/mol. The van der Waals surface area contributed by atoms with Crippen molar-refractivity contribution in [3.8, 4) is 0 Å². The molecule has 2 rings (SSSR count). The summed E-state index contributed by atoms with van der Waals surface area (Å²) in [6.45, 7) is 5.22. The fourth-order valence-corrected chi connectivity index (χ4v) is 2.07. The first-order chi connectivity index (χ1) is 9.15. The summed E-state index contributed by atoms with van der Waals surface area (Å²) >= 11 is 0. The number of nitrogens with one attached hydrogen (secondary N) is 2. The van der Waals surface area contributed by atoms with Gasteiger partial charge in [-0.25, -0.2) is 9.97 Å². The summed E-state index contributed by atoms with van der Waals surface area (Å²) in [4.78, 5) is 9.22. The smallest absolute Gasteiger partial charge is 0.136 e. The molecule has 0 aromatic carbocycles. The largest absolute Gasteiger partial charge is 0.396 e. The van der Waals surface area contributed by atoms with E-state index >= 15 is 0 Å². The van der Waals surface area contributed by atoms with Gasteiger partial charge in [-0.1, -0.05) is 6.92 Å². The highest BCUT2D eigenvalue weighted by Crippen LogP contribution is 2.39. The first-order valence-corrected chi connectivity index (χ1v) is 7.06. The lowest BCUT2D eigenvalue weighted by Gasteiger charge is -2.16. The van der Waals surface area contributed by atoms with Crippen LogP contribution in [-0.4, -0.2) is 35.3 Å². The number of rotatable bonds is 7. The topological polar surface area (TPSA) is 70.1 Å². The molecule has 5 heteroatoms. The highest BCUT2D eigenvalue weighted by Gasteiger charge is 2.28. The number of aliphatic hydroxyl groups excluding tert-OH is 1. The second-order valence-corrected chi connectivity index (χ2v) is 5.43. The van der Waals surface area contributed by atoms with Crippen molar-refractivity contribution in [1.29, 1.82) is 0 Å². The van der Waals surface area contributed by atoms with E-state index in [-0.39, 0.29) is 6.61 Å². The predicted molar refractivity (Wildman–Crippen MR) is 77.6 cm³/mol. The molecule has 1 aliphatic carbocycles. The van der Waals surface area contributed by atoms with Crippen molar-refractivity contribution < 1.29 is 5.11 Å². The van der Waals surface area contributed by atoms with Crippen LogP contribution >= 0.6 is 0 Å². The van der Waals surface area contributed by atoms with Crippen LogP contribution in [0.15, 0.2) is 0 Å². The Bertz CT molecular complexity index is 432. The minimum Gasteiger partial charge on any atom is -0.396 e. The van der Waals surface area contributed by atoms with Gasteiger partial charge in [-0.3, -0.25) is 0 Å². The first-order valence-electron chi connectivity index (χ1n) is 7.06. The summed E-state index contributed by atoms with van der Waals surface area (Å²) in [5.41, 5.74) is 1.06. The Morgan fingerprint density at radius 3 is 2.58 bits per heavy atom. The molecule has 106 valence electrons. The third kappa shape index (κ3) is 3.56. The maximum Gasteiger partial charge on any atom is 0.136 e. The molecule has 1 unspecified atom stereocenters. The van der Waals surface area contributed by atoms with Gasteiger partial charge in [0, 0.05) is 31.7 Å². The molecular formula is C14H24N4O. The van der Waals surface area contributed by atoms with Crippen molar-refractivity contribution in [1.82, 2.24) is 9.97 Å². The third-order valence-electron chi connectivity index (χ3n) is 3.58. The summed E-state index contributed by atoms with van der Waals surface area (Å²) in [7, 11) is 1.89. The van der Waals surface area contributed by atoms with Gasteiger partial charge >= 0.3 is 0 Å². The second kappa shape index (κ2) is 6.19. The van der Waals surface area contributed by atoms with Crippen LogP contribution < -0.4 is 10.6 Å². The number of hydrogen-bond acceptors (Lipinski definition) is 5. The molecule has 5 nitrogen and oxygen atoms in total. The number of nitrogens with zero attached hydrogens (tertiary/aromatic N) is 2. The predicted octanol–water partition coefficient (Wildman–Crippen LogP) is 2.13. The Balaban J connectivity index is 2.11. The molecule has 1 heterocycles. The monoisotopic (exact) mass is 264 g/mol. The number of hydrogen-bond donors (Lipinski definition) is 3. The zero-order valence-corrected chi connectivity index (χ0v) is 12.0. The highest BCUT2D eigenvalue weighted by molar-refractivity contribution is 5.57. The Kier molecular flexibility index (Phi) is 4.58. The molecule has 0 radical (unpaired) electrons. The van der Waals surface area contributed by atoms with Crippen LogP contribution in [0.2, 0.25) is 0 Å². The maximum atomic E-state index is 8.93. The van der Waals surface area contributed by atoms with Crippen LogP contribution in [0.3, 0.4) is 0 Å². The van der Waals surface area contributed by atoms with E-state index in [1.54, 1.807) is 0 Å². The van der Waals surface area contributed by atoms with Gasteiger partial charge in [0.05, 0.1) is 0 Å². The lowest BCUT2D eigenvalue weighted by Crippen LogP contribution is -2.16. The average molecular weight is 264 g/mol. The summed E-state index contributed by atoms with van der Waals surface area (Å²) in [5.74, 6) is 3.76. The quantitative estimate of drug-likeness (QED) is 0.704. The van der Waals surface area contributed by atoms with Gasteiger partial charge in [-0.2, -0.15) is 0 Å². The molecule has 1 aliphatic rings. The molecule has 1 aromatic heterocycles. The molecule has 1 fully saturated rings. The highest BCUT2D eigenvalue weighted by atomic mass is 16.3. The van der Waals surface area contributed by atoms with Crippen molar-refractivity contribution in [2.45, 2.75) is 39.0 Å². The molecule has 0 spiro atoms. The SMILES string of the molecule is CNc1nc(C2CC2)nc(NCC(C)CCO)c1C. The summed E-state index contributed by atoms with van der Waals surface area (Å²) < 4.78 is 0. The molecule has 3 N–H and O–H groups in total. The minimum atomic E-state index is 0.237. The average Bonchev–Trinajstić information content (AvgIpc) is 3.22.